The molecule has 110 valence electrons. The maximum Gasteiger partial charge on any atom is 0.243 e. The summed E-state index contributed by atoms with van der Waals surface area (Å²) in [5.74, 6) is -0.298. The van der Waals surface area contributed by atoms with E-state index in [-0.39, 0.29) is 17.3 Å². The van der Waals surface area contributed by atoms with Gasteiger partial charge < -0.3 is 10.6 Å². The van der Waals surface area contributed by atoms with Gasteiger partial charge in [-0.2, -0.15) is 4.31 Å². The van der Waals surface area contributed by atoms with Crippen molar-refractivity contribution in [2.24, 2.45) is 0 Å². The number of amides is 1. The summed E-state index contributed by atoms with van der Waals surface area (Å²) in [5, 5.41) is 5.56. The van der Waals surface area contributed by atoms with Crippen molar-refractivity contribution in [2.45, 2.75) is 17.9 Å². The molecule has 0 spiro atoms. The molecule has 2 rings (SSSR count). The van der Waals surface area contributed by atoms with Crippen LogP contribution in [0.1, 0.15) is 5.56 Å². The summed E-state index contributed by atoms with van der Waals surface area (Å²) in [4.78, 5) is 12.1. The van der Waals surface area contributed by atoms with Gasteiger partial charge in [-0.05, 0) is 19.1 Å². The molecule has 1 amide bonds. The van der Waals surface area contributed by atoms with Crippen LogP contribution in [0.15, 0.2) is 29.2 Å². The van der Waals surface area contributed by atoms with Gasteiger partial charge in [0.05, 0.1) is 4.90 Å². The number of nitrogens with one attached hydrogen (secondary N) is 2. The van der Waals surface area contributed by atoms with Crippen LogP contribution in [-0.2, 0) is 14.8 Å². The number of rotatable bonds is 3. The molecule has 0 bridgehead atoms. The van der Waals surface area contributed by atoms with Crippen molar-refractivity contribution in [2.75, 3.05) is 26.7 Å². The SMILES string of the molecule is CNC(=O)C1CNCCN1S(=O)(=O)c1ccc(C)cc1. The van der Waals surface area contributed by atoms with Crippen LogP contribution in [0.5, 0.6) is 0 Å². The van der Waals surface area contributed by atoms with E-state index in [1.807, 2.05) is 6.92 Å². The molecule has 1 aromatic carbocycles. The highest BCUT2D eigenvalue weighted by Crippen LogP contribution is 2.20. The fourth-order valence-corrected chi connectivity index (χ4v) is 3.80. The molecule has 0 aliphatic carbocycles. The number of likely N-dealkylation sites (N-methyl/N-ethyl adjacent to an activating group) is 1. The normalized spacial score (nSPS) is 20.6. The first-order valence-corrected chi connectivity index (χ1v) is 7.91. The van der Waals surface area contributed by atoms with E-state index in [9.17, 15) is 13.2 Å². The predicted octanol–water partition coefficient (Wildman–Crippen LogP) is -0.296. The summed E-state index contributed by atoms with van der Waals surface area (Å²) in [6.45, 7) is 3.05. The number of carbonyl (C=O) groups is 1. The quantitative estimate of drug-likeness (QED) is 0.803. The number of hydrogen-bond donors (Lipinski definition) is 2. The Morgan fingerprint density at radius 1 is 1.35 bits per heavy atom. The number of sulfonamides is 1. The number of piperazine rings is 1. The third-order valence-corrected chi connectivity index (χ3v) is 5.29. The van der Waals surface area contributed by atoms with Crippen molar-refractivity contribution < 1.29 is 13.2 Å². The van der Waals surface area contributed by atoms with E-state index in [0.717, 1.165) is 5.56 Å². The first-order chi connectivity index (χ1) is 9.46. The van der Waals surface area contributed by atoms with Gasteiger partial charge in [0, 0.05) is 26.7 Å². The first kappa shape index (κ1) is 15.0. The van der Waals surface area contributed by atoms with Crippen molar-refractivity contribution in [1.29, 1.82) is 0 Å². The molecule has 1 fully saturated rings. The first-order valence-electron chi connectivity index (χ1n) is 6.47. The van der Waals surface area contributed by atoms with Crippen molar-refractivity contribution in [1.82, 2.24) is 14.9 Å². The Hall–Kier alpha value is -1.44. The fraction of sp³-hybridized carbons (Fsp3) is 0.462. The topological polar surface area (TPSA) is 78.5 Å². The molecule has 0 aromatic heterocycles. The summed E-state index contributed by atoms with van der Waals surface area (Å²) in [5.41, 5.74) is 0.993. The minimum absolute atomic E-state index is 0.221. The lowest BCUT2D eigenvalue weighted by Gasteiger charge is -2.33. The summed E-state index contributed by atoms with van der Waals surface area (Å²) < 4.78 is 26.6. The van der Waals surface area contributed by atoms with Gasteiger partial charge in [0.1, 0.15) is 6.04 Å². The van der Waals surface area contributed by atoms with Crippen molar-refractivity contribution >= 4 is 15.9 Å². The summed E-state index contributed by atoms with van der Waals surface area (Å²) in [7, 11) is -2.14. The van der Waals surface area contributed by atoms with Crippen LogP contribution < -0.4 is 10.6 Å². The Kier molecular flexibility index (Phi) is 4.42. The Morgan fingerprint density at radius 2 is 2.00 bits per heavy atom. The summed E-state index contributed by atoms with van der Waals surface area (Å²) in [6.07, 6.45) is 0. The van der Waals surface area contributed by atoms with Crippen LogP contribution in [0.2, 0.25) is 0 Å². The van der Waals surface area contributed by atoms with Gasteiger partial charge in [0.25, 0.3) is 0 Å². The minimum atomic E-state index is -3.65. The van der Waals surface area contributed by atoms with Crippen molar-refractivity contribution in [3.05, 3.63) is 29.8 Å². The number of hydrogen-bond acceptors (Lipinski definition) is 4. The Balaban J connectivity index is 2.35. The van der Waals surface area contributed by atoms with Gasteiger partial charge in [-0.15, -0.1) is 0 Å². The van der Waals surface area contributed by atoms with E-state index in [1.165, 1.54) is 11.4 Å². The second-order valence-corrected chi connectivity index (χ2v) is 6.65. The van der Waals surface area contributed by atoms with Gasteiger partial charge in [-0.1, -0.05) is 17.7 Å². The van der Waals surface area contributed by atoms with E-state index in [4.69, 9.17) is 0 Å². The van der Waals surface area contributed by atoms with E-state index >= 15 is 0 Å². The van der Waals surface area contributed by atoms with Crippen molar-refractivity contribution in [3.63, 3.8) is 0 Å². The molecule has 1 atom stereocenters. The zero-order chi connectivity index (χ0) is 14.8. The van der Waals surface area contributed by atoms with E-state index in [0.29, 0.717) is 13.1 Å². The second kappa shape index (κ2) is 5.90. The van der Waals surface area contributed by atoms with Gasteiger partial charge >= 0.3 is 0 Å². The highest BCUT2D eigenvalue weighted by molar-refractivity contribution is 7.89. The molecule has 7 heteroatoms. The van der Waals surface area contributed by atoms with Gasteiger partial charge in [0.15, 0.2) is 0 Å². The average Bonchev–Trinajstić information content (AvgIpc) is 2.47. The molecule has 1 aliphatic heterocycles. The highest BCUT2D eigenvalue weighted by Gasteiger charge is 2.37. The third-order valence-electron chi connectivity index (χ3n) is 3.37. The molecule has 1 aromatic rings. The average molecular weight is 297 g/mol. The van der Waals surface area contributed by atoms with Crippen LogP contribution in [0.3, 0.4) is 0 Å². The minimum Gasteiger partial charge on any atom is -0.358 e. The number of benzene rings is 1. The van der Waals surface area contributed by atoms with Crippen LogP contribution in [0, 0.1) is 6.92 Å². The Bertz CT molecular complexity index is 583. The maximum atomic E-state index is 12.6. The number of aryl methyl sites for hydroxylation is 1. The molecule has 1 aliphatic rings. The Morgan fingerprint density at radius 3 is 2.60 bits per heavy atom. The third kappa shape index (κ3) is 2.84. The van der Waals surface area contributed by atoms with Gasteiger partial charge in [0.2, 0.25) is 15.9 Å². The standard InChI is InChI=1S/C13H19N3O3S/c1-10-3-5-11(6-4-10)20(18,19)16-8-7-15-9-12(16)13(17)14-2/h3-6,12,15H,7-9H2,1-2H3,(H,14,17). The molecular formula is C13H19N3O3S. The van der Waals surface area contributed by atoms with Crippen LogP contribution >= 0.6 is 0 Å². The van der Waals surface area contributed by atoms with E-state index in [1.54, 1.807) is 24.3 Å². The fourth-order valence-electron chi connectivity index (χ4n) is 2.21. The molecule has 0 saturated carbocycles. The molecule has 1 saturated heterocycles. The monoisotopic (exact) mass is 297 g/mol. The highest BCUT2D eigenvalue weighted by atomic mass is 32.2. The van der Waals surface area contributed by atoms with Crippen molar-refractivity contribution in [3.8, 4) is 0 Å². The molecule has 20 heavy (non-hydrogen) atoms. The zero-order valence-corrected chi connectivity index (χ0v) is 12.4. The lowest BCUT2D eigenvalue weighted by Crippen LogP contribution is -2.59. The zero-order valence-electron chi connectivity index (χ0n) is 11.6. The van der Waals surface area contributed by atoms with E-state index < -0.39 is 16.1 Å². The van der Waals surface area contributed by atoms with Crippen LogP contribution in [0.4, 0.5) is 0 Å². The van der Waals surface area contributed by atoms with E-state index in [2.05, 4.69) is 10.6 Å². The van der Waals surface area contributed by atoms with Crippen LogP contribution in [0.25, 0.3) is 0 Å². The molecule has 1 unspecified atom stereocenters. The second-order valence-electron chi connectivity index (χ2n) is 4.76. The lowest BCUT2D eigenvalue weighted by molar-refractivity contribution is -0.124. The largest absolute Gasteiger partial charge is 0.358 e. The van der Waals surface area contributed by atoms with Gasteiger partial charge in [-0.25, -0.2) is 8.42 Å². The summed E-state index contributed by atoms with van der Waals surface area (Å²) >= 11 is 0. The maximum absolute atomic E-state index is 12.6. The summed E-state index contributed by atoms with van der Waals surface area (Å²) in [6, 6.07) is 5.95. The molecular weight excluding hydrogens is 278 g/mol. The Labute approximate surface area is 119 Å². The number of nitrogens with zero attached hydrogens (tertiary/aromatic N) is 1. The van der Waals surface area contributed by atoms with Gasteiger partial charge in [-0.3, -0.25) is 4.79 Å². The molecule has 6 nitrogen and oxygen atoms in total. The molecule has 2 N–H and O–H groups in total. The predicted molar refractivity (Wildman–Crippen MR) is 75.8 cm³/mol. The lowest BCUT2D eigenvalue weighted by atomic mass is 10.2. The van der Waals surface area contributed by atoms with Crippen LogP contribution in [-0.4, -0.2) is 51.4 Å². The molecule has 0 radical (unpaired) electrons. The molecule has 1 heterocycles. The smallest absolute Gasteiger partial charge is 0.243 e. The number of carbonyl (C=O) groups excluding carboxylic acids is 1.